The molecule has 0 aliphatic carbocycles. The van der Waals surface area contributed by atoms with Crippen LogP contribution in [0.15, 0.2) is 24.3 Å². The van der Waals surface area contributed by atoms with Crippen LogP contribution in [0, 0.1) is 13.8 Å². The lowest BCUT2D eigenvalue weighted by molar-refractivity contribution is 1.28. The first-order valence-electron chi connectivity index (χ1n) is 3.62. The van der Waals surface area contributed by atoms with Gasteiger partial charge in [-0.15, -0.1) is 0 Å². The predicted octanol–water partition coefficient (Wildman–Crippen LogP) is 2.54. The minimum atomic E-state index is 0.862. The van der Waals surface area contributed by atoms with Crippen molar-refractivity contribution in [2.24, 2.45) is 0 Å². The number of fused-ring (bicyclic) bond motifs is 1. The molecule has 1 aromatic carbocycles. The van der Waals surface area contributed by atoms with E-state index in [1.54, 1.807) is 0 Å². The standard InChI is InChI=1S/C10H9N/c1-7-8(2)11-10-6-4-3-5-9(7)10/h1,3-6,11H,2H3. The number of aromatic nitrogens is 1. The molecular formula is C10H9N. The fraction of sp³-hybridized carbons (Fsp3) is 0.100. The Kier molecular flexibility index (Phi) is 1.25. The minimum absolute atomic E-state index is 0.862. The maximum absolute atomic E-state index is 5.81. The van der Waals surface area contributed by atoms with Crippen LogP contribution < -0.4 is 0 Å². The van der Waals surface area contributed by atoms with E-state index in [1.807, 2.05) is 31.2 Å². The van der Waals surface area contributed by atoms with Crippen LogP contribution >= 0.6 is 0 Å². The zero-order valence-electron chi connectivity index (χ0n) is 6.39. The molecule has 0 amide bonds. The van der Waals surface area contributed by atoms with Crippen molar-refractivity contribution >= 4 is 10.9 Å². The number of hydrogen-bond donors (Lipinski definition) is 1. The van der Waals surface area contributed by atoms with E-state index in [0.29, 0.717) is 0 Å². The topological polar surface area (TPSA) is 15.8 Å². The van der Waals surface area contributed by atoms with Gasteiger partial charge in [0.15, 0.2) is 0 Å². The molecule has 0 aliphatic heterocycles. The Morgan fingerprint density at radius 2 is 2.00 bits per heavy atom. The molecule has 2 radical (unpaired) electrons. The van der Waals surface area contributed by atoms with Crippen molar-refractivity contribution in [3.05, 3.63) is 42.4 Å². The van der Waals surface area contributed by atoms with Gasteiger partial charge in [0, 0.05) is 23.5 Å². The Balaban J connectivity index is 2.92. The quantitative estimate of drug-likeness (QED) is 0.583. The number of H-pyrrole nitrogens is 1. The van der Waals surface area contributed by atoms with Gasteiger partial charge in [0.2, 0.25) is 0 Å². The first-order chi connectivity index (χ1) is 5.29. The number of aryl methyl sites for hydroxylation is 1. The third kappa shape index (κ3) is 0.845. The molecule has 1 heteroatoms. The van der Waals surface area contributed by atoms with E-state index in [9.17, 15) is 0 Å². The van der Waals surface area contributed by atoms with E-state index >= 15 is 0 Å². The SMILES string of the molecule is [CH]c1c(C)[nH]c2ccccc12. The van der Waals surface area contributed by atoms with Crippen molar-refractivity contribution < 1.29 is 0 Å². The van der Waals surface area contributed by atoms with Crippen molar-refractivity contribution in [1.29, 1.82) is 0 Å². The molecule has 2 aromatic rings. The van der Waals surface area contributed by atoms with Crippen LogP contribution in [0.2, 0.25) is 0 Å². The molecule has 0 fully saturated rings. The van der Waals surface area contributed by atoms with Gasteiger partial charge >= 0.3 is 0 Å². The van der Waals surface area contributed by atoms with E-state index < -0.39 is 0 Å². The summed E-state index contributed by atoms with van der Waals surface area (Å²) in [4.78, 5) is 3.20. The van der Waals surface area contributed by atoms with Crippen LogP contribution in [-0.4, -0.2) is 4.98 Å². The molecular weight excluding hydrogens is 134 g/mol. The van der Waals surface area contributed by atoms with Crippen molar-refractivity contribution in [2.75, 3.05) is 0 Å². The van der Waals surface area contributed by atoms with Gasteiger partial charge in [-0.1, -0.05) is 18.2 Å². The van der Waals surface area contributed by atoms with Crippen molar-refractivity contribution in [2.45, 2.75) is 6.92 Å². The summed E-state index contributed by atoms with van der Waals surface area (Å²) in [6.45, 7) is 7.79. The Bertz CT molecular complexity index is 385. The molecule has 0 spiro atoms. The van der Waals surface area contributed by atoms with E-state index in [-0.39, 0.29) is 0 Å². The molecule has 0 atom stereocenters. The zero-order chi connectivity index (χ0) is 7.84. The summed E-state index contributed by atoms with van der Waals surface area (Å²) in [6, 6.07) is 8.04. The molecule has 0 saturated carbocycles. The van der Waals surface area contributed by atoms with E-state index in [2.05, 4.69) is 4.98 Å². The van der Waals surface area contributed by atoms with Gasteiger partial charge in [0.05, 0.1) is 0 Å². The van der Waals surface area contributed by atoms with Gasteiger partial charge in [-0.3, -0.25) is 0 Å². The number of nitrogens with one attached hydrogen (secondary N) is 1. The monoisotopic (exact) mass is 143 g/mol. The predicted molar refractivity (Wildman–Crippen MR) is 46.4 cm³/mol. The Morgan fingerprint density at radius 1 is 1.27 bits per heavy atom. The van der Waals surface area contributed by atoms with Gasteiger partial charge < -0.3 is 4.98 Å². The highest BCUT2D eigenvalue weighted by Crippen LogP contribution is 2.19. The number of para-hydroxylation sites is 1. The van der Waals surface area contributed by atoms with Crippen molar-refractivity contribution in [3.8, 4) is 0 Å². The molecule has 1 nitrogen and oxygen atoms in total. The number of hydrogen-bond acceptors (Lipinski definition) is 0. The Labute approximate surface area is 66.1 Å². The second-order valence-electron chi connectivity index (χ2n) is 2.71. The van der Waals surface area contributed by atoms with Crippen LogP contribution in [-0.2, 0) is 0 Å². The highest BCUT2D eigenvalue weighted by atomic mass is 14.7. The Hall–Kier alpha value is -1.24. The van der Waals surface area contributed by atoms with E-state index in [0.717, 1.165) is 22.2 Å². The molecule has 1 heterocycles. The van der Waals surface area contributed by atoms with Gasteiger partial charge in [-0.2, -0.15) is 0 Å². The molecule has 0 aliphatic rings. The first-order valence-corrected chi connectivity index (χ1v) is 3.62. The summed E-state index contributed by atoms with van der Waals surface area (Å²) >= 11 is 0. The maximum atomic E-state index is 5.81. The average molecular weight is 143 g/mol. The molecule has 0 unspecified atom stereocenters. The lowest BCUT2D eigenvalue weighted by Crippen LogP contribution is -1.70. The van der Waals surface area contributed by atoms with Crippen LogP contribution in [0.25, 0.3) is 10.9 Å². The molecule has 1 aromatic heterocycles. The van der Waals surface area contributed by atoms with Crippen LogP contribution in [0.4, 0.5) is 0 Å². The van der Waals surface area contributed by atoms with Crippen LogP contribution in [0.1, 0.15) is 11.3 Å². The number of benzene rings is 1. The molecule has 11 heavy (non-hydrogen) atoms. The normalized spacial score (nSPS) is 10.7. The van der Waals surface area contributed by atoms with Gasteiger partial charge in [-0.25, -0.2) is 0 Å². The molecule has 0 saturated heterocycles. The largest absolute Gasteiger partial charge is 0.358 e. The number of aromatic amines is 1. The van der Waals surface area contributed by atoms with Crippen LogP contribution in [0.3, 0.4) is 0 Å². The van der Waals surface area contributed by atoms with Gasteiger partial charge in [-0.05, 0) is 18.6 Å². The summed E-state index contributed by atoms with van der Waals surface area (Å²) in [7, 11) is 0. The fourth-order valence-corrected chi connectivity index (χ4v) is 1.30. The molecule has 0 bridgehead atoms. The average Bonchev–Trinajstić information content (AvgIpc) is 2.30. The van der Waals surface area contributed by atoms with Gasteiger partial charge in [0.1, 0.15) is 0 Å². The lowest BCUT2D eigenvalue weighted by atomic mass is 10.2. The summed E-state index contributed by atoms with van der Waals surface area (Å²) in [5.74, 6) is 0. The third-order valence-corrected chi connectivity index (χ3v) is 1.94. The summed E-state index contributed by atoms with van der Waals surface area (Å²) in [6.07, 6.45) is 0. The Morgan fingerprint density at radius 3 is 2.73 bits per heavy atom. The highest BCUT2D eigenvalue weighted by Gasteiger charge is 2.00. The highest BCUT2D eigenvalue weighted by molar-refractivity contribution is 5.85. The smallest absolute Gasteiger partial charge is 0.0458 e. The van der Waals surface area contributed by atoms with E-state index in [1.165, 1.54) is 0 Å². The van der Waals surface area contributed by atoms with Crippen LogP contribution in [0.5, 0.6) is 0 Å². The lowest BCUT2D eigenvalue weighted by Gasteiger charge is -1.87. The minimum Gasteiger partial charge on any atom is -0.358 e. The summed E-state index contributed by atoms with van der Waals surface area (Å²) < 4.78 is 0. The molecule has 2 rings (SSSR count). The second-order valence-corrected chi connectivity index (χ2v) is 2.71. The molecule has 1 N–H and O–H groups in total. The third-order valence-electron chi connectivity index (χ3n) is 1.94. The summed E-state index contributed by atoms with van der Waals surface area (Å²) in [5, 5.41) is 1.12. The van der Waals surface area contributed by atoms with Crippen molar-refractivity contribution in [1.82, 2.24) is 4.98 Å². The molecule has 54 valence electrons. The maximum Gasteiger partial charge on any atom is 0.0458 e. The fourth-order valence-electron chi connectivity index (χ4n) is 1.30. The van der Waals surface area contributed by atoms with E-state index in [4.69, 9.17) is 6.92 Å². The number of rotatable bonds is 0. The van der Waals surface area contributed by atoms with Gasteiger partial charge in [0.25, 0.3) is 0 Å². The first kappa shape index (κ1) is 6.47. The van der Waals surface area contributed by atoms with Crippen molar-refractivity contribution in [3.63, 3.8) is 0 Å². The summed E-state index contributed by atoms with van der Waals surface area (Å²) in [5.41, 5.74) is 3.02. The second kappa shape index (κ2) is 2.12. The zero-order valence-corrected chi connectivity index (χ0v) is 6.39.